The first-order valence-electron chi connectivity index (χ1n) is 13.2. The number of benzene rings is 1. The summed E-state index contributed by atoms with van der Waals surface area (Å²) in [4.78, 5) is 26.6. The number of hydrogen-bond acceptors (Lipinski definition) is 6. The molecular weight excluding hydrogens is 558 g/mol. The highest BCUT2D eigenvalue weighted by Crippen LogP contribution is 2.36. The molecule has 0 saturated heterocycles. The number of alkyl halides is 6. The van der Waals surface area contributed by atoms with Crippen LogP contribution in [0.25, 0.3) is 0 Å². The van der Waals surface area contributed by atoms with Crippen LogP contribution in [0.15, 0.2) is 40.8 Å². The number of nitrogens with one attached hydrogen (secondary N) is 2. The first kappa shape index (κ1) is 31.7. The lowest BCUT2D eigenvalue weighted by molar-refractivity contribution is -0.683. The van der Waals surface area contributed by atoms with E-state index in [0.29, 0.717) is 11.6 Å². The van der Waals surface area contributed by atoms with Crippen molar-refractivity contribution in [2.75, 3.05) is 49.1 Å². The molecular formula is C25H33F6N8O2+. The highest BCUT2D eigenvalue weighted by atomic mass is 19.4. The number of amides is 2. The molecule has 2 aromatic rings. The molecule has 0 fully saturated rings. The molecule has 2 amide bonds. The molecule has 0 unspecified atom stereocenters. The maximum absolute atomic E-state index is 12.4. The topological polar surface area (TPSA) is 98.2 Å². The van der Waals surface area contributed by atoms with Crippen LogP contribution < -0.4 is 25.0 Å². The molecule has 226 valence electrons. The van der Waals surface area contributed by atoms with E-state index in [1.54, 1.807) is 21.5 Å². The highest BCUT2D eigenvalue weighted by molar-refractivity contribution is 5.82. The van der Waals surface area contributed by atoms with E-state index in [9.17, 15) is 35.9 Å². The van der Waals surface area contributed by atoms with Crippen LogP contribution in [0, 0.1) is 0 Å². The number of halogens is 6. The minimum atomic E-state index is -4.98. The number of rotatable bonds is 12. The van der Waals surface area contributed by atoms with Gasteiger partial charge < -0.3 is 20.4 Å². The minimum Gasteiger partial charge on any atom is -0.368 e. The summed E-state index contributed by atoms with van der Waals surface area (Å²) in [6, 6.07) is 5.71. The Balaban J connectivity index is 1.77. The quantitative estimate of drug-likeness (QED) is 0.169. The maximum atomic E-state index is 12.4. The molecule has 10 nitrogen and oxygen atoms in total. The molecule has 1 aliphatic rings. The molecule has 2 heterocycles. The standard InChI is InChI=1S/C25H32F6N8O2/c1-3-36-13-14-37(4-2)20-17-18(7-8-19(20)36)34-35-23-38(11-5-9-32-21(40)24(26,27)28)15-16-39(23)12-6-10-33-22(41)25(29,30)31/h7-8,15-17H,3-6,9-14H2,1-2H3,(H-,32,33,40,41)/p+1. The number of azo groups is 1. The van der Waals surface area contributed by atoms with Crippen molar-refractivity contribution in [3.63, 3.8) is 0 Å². The van der Waals surface area contributed by atoms with Crippen molar-refractivity contribution >= 4 is 34.8 Å². The van der Waals surface area contributed by atoms with E-state index in [-0.39, 0.29) is 39.0 Å². The predicted molar refractivity (Wildman–Crippen MR) is 138 cm³/mol. The van der Waals surface area contributed by atoms with E-state index in [1.165, 1.54) is 0 Å². The highest BCUT2D eigenvalue weighted by Gasteiger charge is 2.39. The van der Waals surface area contributed by atoms with Gasteiger partial charge in [-0.15, -0.1) is 0 Å². The van der Waals surface area contributed by atoms with Gasteiger partial charge in [-0.3, -0.25) is 9.59 Å². The van der Waals surface area contributed by atoms with Gasteiger partial charge in [-0.2, -0.15) is 26.3 Å². The van der Waals surface area contributed by atoms with Crippen molar-refractivity contribution in [1.82, 2.24) is 15.2 Å². The summed E-state index contributed by atoms with van der Waals surface area (Å²) in [6.45, 7) is 7.46. The number of nitrogens with zero attached hydrogens (tertiary/aromatic N) is 6. The van der Waals surface area contributed by atoms with Crippen LogP contribution in [-0.4, -0.2) is 68.0 Å². The minimum absolute atomic E-state index is 0.151. The molecule has 0 bridgehead atoms. The Labute approximate surface area is 233 Å². The van der Waals surface area contributed by atoms with Gasteiger partial charge in [-0.1, -0.05) is 5.11 Å². The van der Waals surface area contributed by atoms with Gasteiger partial charge in [-0.05, 0) is 44.9 Å². The van der Waals surface area contributed by atoms with Crippen LogP contribution in [0.4, 0.5) is 49.4 Å². The number of likely N-dealkylation sites (N-methyl/N-ethyl adjacent to an activating group) is 2. The Morgan fingerprint density at radius 2 is 1.46 bits per heavy atom. The lowest BCUT2D eigenvalue weighted by atomic mass is 10.1. The molecule has 0 aliphatic carbocycles. The molecule has 1 aromatic carbocycles. The molecule has 0 spiro atoms. The third kappa shape index (κ3) is 8.57. The number of carbonyl (C=O) groups is 2. The number of carbonyl (C=O) groups excluding carboxylic acids is 2. The van der Waals surface area contributed by atoms with Crippen LogP contribution in [0.5, 0.6) is 0 Å². The molecule has 0 atom stereocenters. The van der Waals surface area contributed by atoms with Gasteiger partial charge in [0.25, 0.3) is 0 Å². The van der Waals surface area contributed by atoms with E-state index < -0.39 is 24.2 Å². The lowest BCUT2D eigenvalue weighted by Crippen LogP contribution is -2.40. The fraction of sp³-hybridized carbons (Fsp3) is 0.560. The Kier molecular flexibility index (Phi) is 10.6. The molecule has 16 heteroatoms. The SMILES string of the molecule is CCN1CCN(CC)c2cc(N=Nc3n(CCCNC(=O)C(F)(F)F)cc[n+]3CCCNC(=O)C(F)(F)F)ccc21. The fourth-order valence-corrected chi connectivity index (χ4v) is 4.36. The van der Waals surface area contributed by atoms with Crippen molar-refractivity contribution < 1.29 is 40.5 Å². The van der Waals surface area contributed by atoms with Gasteiger partial charge >= 0.3 is 30.1 Å². The average Bonchev–Trinajstić information content (AvgIpc) is 3.31. The summed E-state index contributed by atoms with van der Waals surface area (Å²) >= 11 is 0. The van der Waals surface area contributed by atoms with Crippen LogP contribution in [0.2, 0.25) is 0 Å². The zero-order chi connectivity index (χ0) is 30.2. The first-order chi connectivity index (χ1) is 19.3. The predicted octanol–water partition coefficient (Wildman–Crippen LogP) is 3.99. The Morgan fingerprint density at radius 1 is 0.878 bits per heavy atom. The normalized spacial score (nSPS) is 14.0. The first-order valence-corrected chi connectivity index (χ1v) is 13.2. The maximum Gasteiger partial charge on any atom is 0.471 e. The number of aryl methyl sites for hydroxylation is 2. The largest absolute Gasteiger partial charge is 0.471 e. The third-order valence-corrected chi connectivity index (χ3v) is 6.48. The van der Waals surface area contributed by atoms with Crippen LogP contribution in [0.3, 0.4) is 0 Å². The second-order valence-corrected chi connectivity index (χ2v) is 9.23. The van der Waals surface area contributed by atoms with Gasteiger partial charge in [0.1, 0.15) is 5.69 Å². The summed E-state index contributed by atoms with van der Waals surface area (Å²) in [7, 11) is 0. The fourth-order valence-electron chi connectivity index (χ4n) is 4.36. The zero-order valence-corrected chi connectivity index (χ0v) is 22.7. The second kappa shape index (κ2) is 13.7. The Morgan fingerprint density at radius 3 is 2.05 bits per heavy atom. The Hall–Kier alpha value is -3.85. The van der Waals surface area contributed by atoms with E-state index >= 15 is 0 Å². The number of anilines is 2. The van der Waals surface area contributed by atoms with Gasteiger partial charge in [0.05, 0.1) is 36.9 Å². The van der Waals surface area contributed by atoms with E-state index in [4.69, 9.17) is 0 Å². The number of fused-ring (bicyclic) bond motifs is 1. The molecule has 0 saturated carbocycles. The second-order valence-electron chi connectivity index (χ2n) is 9.23. The van der Waals surface area contributed by atoms with Crippen molar-refractivity contribution in [1.29, 1.82) is 0 Å². The van der Waals surface area contributed by atoms with Crippen molar-refractivity contribution in [3.05, 3.63) is 30.6 Å². The molecule has 41 heavy (non-hydrogen) atoms. The van der Waals surface area contributed by atoms with Gasteiger partial charge in [0.2, 0.25) is 0 Å². The summed E-state index contributed by atoms with van der Waals surface area (Å²) in [5.74, 6) is -3.76. The van der Waals surface area contributed by atoms with E-state index in [2.05, 4.69) is 33.9 Å². The average molecular weight is 592 g/mol. The van der Waals surface area contributed by atoms with Crippen LogP contribution in [-0.2, 0) is 22.7 Å². The van der Waals surface area contributed by atoms with Crippen LogP contribution in [0.1, 0.15) is 26.7 Å². The molecule has 1 aliphatic heterocycles. The number of aromatic nitrogens is 2. The van der Waals surface area contributed by atoms with Crippen molar-refractivity contribution in [3.8, 4) is 0 Å². The smallest absolute Gasteiger partial charge is 0.368 e. The van der Waals surface area contributed by atoms with Gasteiger partial charge in [-0.25, -0.2) is 9.13 Å². The number of hydrogen-bond donors (Lipinski definition) is 2. The summed E-state index contributed by atoms with van der Waals surface area (Å²) in [5.41, 5.74) is 2.66. The molecule has 2 N–H and O–H groups in total. The number of imidazole rings is 1. The van der Waals surface area contributed by atoms with Crippen molar-refractivity contribution in [2.45, 2.75) is 52.1 Å². The van der Waals surface area contributed by atoms with Crippen LogP contribution >= 0.6 is 0 Å². The van der Waals surface area contributed by atoms with E-state index in [0.717, 1.165) is 37.6 Å². The molecule has 1 aromatic heterocycles. The summed E-state index contributed by atoms with van der Waals surface area (Å²) in [5, 5.41) is 12.4. The third-order valence-electron chi connectivity index (χ3n) is 6.48. The molecule has 3 rings (SSSR count). The zero-order valence-electron chi connectivity index (χ0n) is 22.7. The van der Waals surface area contributed by atoms with Gasteiger partial charge in [0, 0.05) is 44.4 Å². The van der Waals surface area contributed by atoms with Gasteiger partial charge in [0.15, 0.2) is 0 Å². The lowest BCUT2D eigenvalue weighted by Gasteiger charge is -2.38. The Bertz CT molecular complexity index is 1180. The van der Waals surface area contributed by atoms with Crippen molar-refractivity contribution in [2.24, 2.45) is 10.2 Å². The molecule has 0 radical (unpaired) electrons. The summed E-state index contributed by atoms with van der Waals surface area (Å²) < 4.78 is 77.9. The van der Waals surface area contributed by atoms with E-state index in [1.807, 2.05) is 28.8 Å². The monoisotopic (exact) mass is 591 g/mol. The summed E-state index contributed by atoms with van der Waals surface area (Å²) in [6.07, 6.45) is -6.44.